The number of benzene rings is 1. The first kappa shape index (κ1) is 15.2. The van der Waals surface area contributed by atoms with Gasteiger partial charge in [-0.05, 0) is 49.3 Å². The second-order valence-electron chi connectivity index (χ2n) is 6.33. The van der Waals surface area contributed by atoms with Gasteiger partial charge < -0.3 is 20.1 Å². The summed E-state index contributed by atoms with van der Waals surface area (Å²) in [4.78, 5) is 14.2. The van der Waals surface area contributed by atoms with E-state index in [1.54, 1.807) is 0 Å². The number of hydrogen-bond donors (Lipinski definition) is 1. The fraction of sp³-hybridized carbons (Fsp3) is 0.588. The molecule has 0 bridgehead atoms. The number of ether oxygens (including phenoxy) is 2. The van der Waals surface area contributed by atoms with E-state index in [4.69, 9.17) is 15.2 Å². The first-order valence-electron chi connectivity index (χ1n) is 8.05. The largest absolute Gasteiger partial charge is 0.454 e. The van der Waals surface area contributed by atoms with Crippen molar-refractivity contribution < 1.29 is 14.3 Å². The topological polar surface area (TPSA) is 64.8 Å². The normalized spacial score (nSPS) is 23.4. The Bertz CT molecular complexity index is 539. The van der Waals surface area contributed by atoms with E-state index in [0.29, 0.717) is 12.6 Å². The third kappa shape index (κ3) is 3.19. The molecule has 22 heavy (non-hydrogen) atoms. The van der Waals surface area contributed by atoms with Crippen LogP contribution in [0.5, 0.6) is 11.5 Å². The summed E-state index contributed by atoms with van der Waals surface area (Å²) in [5, 5.41) is 0. The molecule has 1 fully saturated rings. The van der Waals surface area contributed by atoms with Crippen LogP contribution >= 0.6 is 0 Å². The van der Waals surface area contributed by atoms with Gasteiger partial charge in [0.25, 0.3) is 0 Å². The monoisotopic (exact) mass is 304 g/mol. The molecule has 0 atom stereocenters. The van der Waals surface area contributed by atoms with E-state index in [1.807, 2.05) is 23.1 Å². The van der Waals surface area contributed by atoms with Gasteiger partial charge in [0, 0.05) is 12.6 Å². The molecule has 1 heterocycles. The van der Waals surface area contributed by atoms with E-state index in [2.05, 4.69) is 6.92 Å². The maximum absolute atomic E-state index is 12.3. The molecule has 1 aromatic rings. The Kier molecular flexibility index (Phi) is 4.52. The summed E-state index contributed by atoms with van der Waals surface area (Å²) in [5.41, 5.74) is 6.67. The second kappa shape index (κ2) is 6.57. The van der Waals surface area contributed by atoms with Crippen molar-refractivity contribution in [1.82, 2.24) is 4.90 Å². The Balaban J connectivity index is 1.74. The smallest absolute Gasteiger partial charge is 0.236 e. The Hall–Kier alpha value is -1.75. The lowest BCUT2D eigenvalue weighted by Gasteiger charge is -2.36. The number of nitrogens with zero attached hydrogens (tertiary/aromatic N) is 1. The van der Waals surface area contributed by atoms with Gasteiger partial charge in [0.15, 0.2) is 11.5 Å². The van der Waals surface area contributed by atoms with E-state index in [0.717, 1.165) is 35.8 Å². The van der Waals surface area contributed by atoms with Crippen molar-refractivity contribution in [2.24, 2.45) is 11.7 Å². The van der Waals surface area contributed by atoms with Gasteiger partial charge in [0.1, 0.15) is 0 Å². The molecule has 0 aromatic heterocycles. The average molecular weight is 304 g/mol. The summed E-state index contributed by atoms with van der Waals surface area (Å²) in [6, 6.07) is 6.17. The van der Waals surface area contributed by atoms with Crippen LogP contribution in [0, 0.1) is 5.92 Å². The Labute approximate surface area is 131 Å². The molecule has 1 saturated carbocycles. The summed E-state index contributed by atoms with van der Waals surface area (Å²) in [6.45, 7) is 3.20. The van der Waals surface area contributed by atoms with Gasteiger partial charge in [-0.2, -0.15) is 0 Å². The number of rotatable bonds is 4. The van der Waals surface area contributed by atoms with Gasteiger partial charge in [-0.3, -0.25) is 4.79 Å². The molecular formula is C17H24N2O3. The molecular weight excluding hydrogens is 280 g/mol. The molecule has 5 nitrogen and oxygen atoms in total. The highest BCUT2D eigenvalue weighted by Gasteiger charge is 2.27. The van der Waals surface area contributed by atoms with Crippen molar-refractivity contribution in [2.45, 2.75) is 45.2 Å². The molecule has 0 unspecified atom stereocenters. The van der Waals surface area contributed by atoms with Crippen molar-refractivity contribution >= 4 is 5.91 Å². The van der Waals surface area contributed by atoms with E-state index >= 15 is 0 Å². The molecule has 2 N–H and O–H groups in total. The summed E-state index contributed by atoms with van der Waals surface area (Å²) >= 11 is 0. The van der Waals surface area contributed by atoms with Crippen LogP contribution in [0.4, 0.5) is 0 Å². The Morgan fingerprint density at radius 1 is 1.23 bits per heavy atom. The lowest BCUT2D eigenvalue weighted by atomic mass is 9.86. The quantitative estimate of drug-likeness (QED) is 0.927. The predicted molar refractivity (Wildman–Crippen MR) is 83.6 cm³/mol. The van der Waals surface area contributed by atoms with Crippen molar-refractivity contribution in [2.75, 3.05) is 13.3 Å². The van der Waals surface area contributed by atoms with Crippen molar-refractivity contribution in [1.29, 1.82) is 0 Å². The minimum Gasteiger partial charge on any atom is -0.454 e. The Morgan fingerprint density at radius 3 is 2.68 bits per heavy atom. The molecule has 1 aromatic carbocycles. The number of carbonyl (C=O) groups is 1. The van der Waals surface area contributed by atoms with Gasteiger partial charge in [-0.15, -0.1) is 0 Å². The summed E-state index contributed by atoms with van der Waals surface area (Å²) < 4.78 is 10.7. The van der Waals surface area contributed by atoms with Crippen LogP contribution in [0.15, 0.2) is 18.2 Å². The number of nitrogens with two attached hydrogens (primary N) is 1. The molecule has 1 aliphatic carbocycles. The van der Waals surface area contributed by atoms with Crippen LogP contribution in [0.2, 0.25) is 0 Å². The standard InChI is InChI=1S/C17H24N2O3/c1-12-2-5-14(6-3-12)19(17(20)9-18)10-13-4-7-15-16(8-13)22-11-21-15/h4,7-8,12,14H,2-3,5-6,9-11,18H2,1H3. The van der Waals surface area contributed by atoms with Crippen LogP contribution in [0.3, 0.4) is 0 Å². The van der Waals surface area contributed by atoms with Crippen molar-refractivity contribution in [3.05, 3.63) is 23.8 Å². The Morgan fingerprint density at radius 2 is 1.95 bits per heavy atom. The molecule has 2 aliphatic rings. The van der Waals surface area contributed by atoms with Crippen LogP contribution in [-0.4, -0.2) is 30.2 Å². The number of fused-ring (bicyclic) bond motifs is 1. The second-order valence-corrected chi connectivity index (χ2v) is 6.33. The third-order valence-corrected chi connectivity index (χ3v) is 4.71. The first-order valence-corrected chi connectivity index (χ1v) is 8.05. The third-order valence-electron chi connectivity index (χ3n) is 4.71. The lowest BCUT2D eigenvalue weighted by Crippen LogP contribution is -2.44. The molecule has 0 spiro atoms. The predicted octanol–water partition coefficient (Wildman–Crippen LogP) is 2.28. The zero-order valence-electron chi connectivity index (χ0n) is 13.1. The highest BCUT2D eigenvalue weighted by molar-refractivity contribution is 5.78. The number of hydrogen-bond acceptors (Lipinski definition) is 4. The van der Waals surface area contributed by atoms with Crippen LogP contribution < -0.4 is 15.2 Å². The van der Waals surface area contributed by atoms with E-state index < -0.39 is 0 Å². The lowest BCUT2D eigenvalue weighted by molar-refractivity contribution is -0.133. The summed E-state index contributed by atoms with van der Waals surface area (Å²) in [5.74, 6) is 2.32. The van der Waals surface area contributed by atoms with Gasteiger partial charge in [-0.25, -0.2) is 0 Å². The molecule has 0 saturated heterocycles. The SMILES string of the molecule is CC1CCC(N(Cc2ccc3c(c2)OCO3)C(=O)CN)CC1. The zero-order chi connectivity index (χ0) is 15.5. The maximum Gasteiger partial charge on any atom is 0.236 e. The van der Waals surface area contributed by atoms with Gasteiger partial charge in [0.05, 0.1) is 6.54 Å². The minimum absolute atomic E-state index is 0.0252. The highest BCUT2D eigenvalue weighted by Crippen LogP contribution is 2.34. The molecule has 3 rings (SSSR count). The zero-order valence-corrected chi connectivity index (χ0v) is 13.1. The molecule has 120 valence electrons. The van der Waals surface area contributed by atoms with Gasteiger partial charge >= 0.3 is 0 Å². The fourth-order valence-corrected chi connectivity index (χ4v) is 3.33. The van der Waals surface area contributed by atoms with E-state index in [1.165, 1.54) is 12.8 Å². The van der Waals surface area contributed by atoms with Crippen molar-refractivity contribution in [3.8, 4) is 11.5 Å². The van der Waals surface area contributed by atoms with Crippen LogP contribution in [0.25, 0.3) is 0 Å². The molecule has 1 aliphatic heterocycles. The summed E-state index contributed by atoms with van der Waals surface area (Å²) in [6.07, 6.45) is 4.50. The minimum atomic E-state index is 0.0252. The van der Waals surface area contributed by atoms with Crippen molar-refractivity contribution in [3.63, 3.8) is 0 Å². The van der Waals surface area contributed by atoms with Gasteiger partial charge in [-0.1, -0.05) is 13.0 Å². The first-order chi connectivity index (χ1) is 10.7. The molecule has 1 amide bonds. The van der Waals surface area contributed by atoms with Gasteiger partial charge in [0.2, 0.25) is 12.7 Å². The summed E-state index contributed by atoms with van der Waals surface area (Å²) in [7, 11) is 0. The average Bonchev–Trinajstić information content (AvgIpc) is 3.00. The number of carbonyl (C=O) groups excluding carboxylic acids is 1. The van der Waals surface area contributed by atoms with E-state index in [9.17, 15) is 4.79 Å². The highest BCUT2D eigenvalue weighted by atomic mass is 16.7. The van der Waals surface area contributed by atoms with Crippen LogP contribution in [-0.2, 0) is 11.3 Å². The molecule has 0 radical (unpaired) electrons. The number of amides is 1. The van der Waals surface area contributed by atoms with Crippen LogP contribution in [0.1, 0.15) is 38.2 Å². The molecule has 5 heteroatoms. The van der Waals surface area contributed by atoms with E-state index in [-0.39, 0.29) is 19.2 Å². The maximum atomic E-state index is 12.3. The fourth-order valence-electron chi connectivity index (χ4n) is 3.33.